The van der Waals surface area contributed by atoms with E-state index in [0.29, 0.717) is 5.39 Å². The largest absolute Gasteiger partial charge is 0.335 e. The summed E-state index contributed by atoms with van der Waals surface area (Å²) in [6.07, 6.45) is 7.95. The molecule has 3 rings (SSSR count). The minimum absolute atomic E-state index is 0.0325. The van der Waals surface area contributed by atoms with Crippen LogP contribution in [-0.4, -0.2) is 19.1 Å². The normalized spacial score (nSPS) is 12.7. The van der Waals surface area contributed by atoms with Gasteiger partial charge in [-0.05, 0) is 25.0 Å². The van der Waals surface area contributed by atoms with Gasteiger partial charge in [0.25, 0.3) is 5.56 Å². The molecule has 0 amide bonds. The summed E-state index contributed by atoms with van der Waals surface area (Å²) in [5.41, 5.74) is 1.76. The van der Waals surface area contributed by atoms with Gasteiger partial charge >= 0.3 is 0 Å². The van der Waals surface area contributed by atoms with Crippen molar-refractivity contribution in [2.24, 2.45) is 0 Å². The molecular weight excluding hydrogens is 264 g/mol. The highest BCUT2D eigenvalue weighted by atomic mass is 16.1. The van der Waals surface area contributed by atoms with Gasteiger partial charge in [-0.2, -0.15) is 0 Å². The molecule has 5 heteroatoms. The first-order valence-corrected chi connectivity index (χ1v) is 7.13. The smallest absolute Gasteiger partial charge is 0.261 e. The van der Waals surface area contributed by atoms with Crippen molar-refractivity contribution in [2.75, 3.05) is 0 Å². The van der Waals surface area contributed by atoms with Crippen LogP contribution in [0.25, 0.3) is 10.9 Å². The number of aromatic nitrogens is 4. The maximum Gasteiger partial charge on any atom is 0.261 e. The monoisotopic (exact) mass is 282 g/mol. The first kappa shape index (κ1) is 13.5. The van der Waals surface area contributed by atoms with E-state index in [4.69, 9.17) is 0 Å². The molecule has 0 unspecified atom stereocenters. The van der Waals surface area contributed by atoms with E-state index in [1.165, 1.54) is 0 Å². The first-order valence-electron chi connectivity index (χ1n) is 7.13. The van der Waals surface area contributed by atoms with Crippen LogP contribution in [0.15, 0.2) is 48.0 Å². The first-order chi connectivity index (χ1) is 10.2. The Kier molecular flexibility index (Phi) is 3.56. The summed E-state index contributed by atoms with van der Waals surface area (Å²) in [4.78, 5) is 21.3. The fraction of sp³-hybridized carbons (Fsp3) is 0.312. The number of imidazole rings is 1. The molecule has 0 aliphatic rings. The molecule has 0 saturated heterocycles. The Hall–Kier alpha value is -2.43. The van der Waals surface area contributed by atoms with Gasteiger partial charge in [0.2, 0.25) is 0 Å². The van der Waals surface area contributed by atoms with Crippen LogP contribution >= 0.6 is 0 Å². The fourth-order valence-corrected chi connectivity index (χ4v) is 2.66. The van der Waals surface area contributed by atoms with Gasteiger partial charge in [-0.15, -0.1) is 0 Å². The van der Waals surface area contributed by atoms with Crippen molar-refractivity contribution < 1.29 is 0 Å². The molecule has 0 aliphatic carbocycles. The zero-order chi connectivity index (χ0) is 14.8. The van der Waals surface area contributed by atoms with Gasteiger partial charge in [-0.25, -0.2) is 9.97 Å². The Labute approximate surface area is 122 Å². The fourth-order valence-electron chi connectivity index (χ4n) is 2.66. The van der Waals surface area contributed by atoms with E-state index in [1.54, 1.807) is 23.4 Å². The van der Waals surface area contributed by atoms with Crippen LogP contribution in [0.1, 0.15) is 24.9 Å². The van der Waals surface area contributed by atoms with Crippen molar-refractivity contribution in [3.63, 3.8) is 0 Å². The highest BCUT2D eigenvalue weighted by molar-refractivity contribution is 5.80. The summed E-state index contributed by atoms with van der Waals surface area (Å²) in [7, 11) is 0. The van der Waals surface area contributed by atoms with Gasteiger partial charge in [0.1, 0.15) is 0 Å². The topological polar surface area (TPSA) is 52.7 Å². The Morgan fingerprint density at radius 1 is 1.29 bits per heavy atom. The lowest BCUT2D eigenvalue weighted by atomic mass is 10.1. The third-order valence-electron chi connectivity index (χ3n) is 3.87. The number of hydrogen-bond acceptors (Lipinski definition) is 3. The Bertz CT molecular complexity index is 805. The lowest BCUT2D eigenvalue weighted by Crippen LogP contribution is -2.28. The lowest BCUT2D eigenvalue weighted by molar-refractivity contribution is 0.406. The molecule has 0 fully saturated rings. The average molecular weight is 282 g/mol. The van der Waals surface area contributed by atoms with E-state index in [0.717, 1.165) is 24.0 Å². The van der Waals surface area contributed by atoms with E-state index in [-0.39, 0.29) is 11.6 Å². The summed E-state index contributed by atoms with van der Waals surface area (Å²) in [5, 5.41) is 0.712. The van der Waals surface area contributed by atoms with Crippen LogP contribution in [-0.2, 0) is 6.54 Å². The molecule has 0 N–H and O–H groups in total. The second kappa shape index (κ2) is 5.52. The predicted octanol–water partition coefficient (Wildman–Crippen LogP) is 2.55. The highest BCUT2D eigenvalue weighted by Gasteiger charge is 2.14. The number of fused-ring (bicyclic) bond motifs is 1. The maximum absolute atomic E-state index is 12.8. The predicted molar refractivity (Wildman–Crippen MR) is 82.3 cm³/mol. The molecule has 2 heterocycles. The molecule has 0 spiro atoms. The number of nitrogens with zero attached hydrogens (tertiary/aromatic N) is 4. The number of hydrogen-bond donors (Lipinski definition) is 0. The van der Waals surface area contributed by atoms with Gasteiger partial charge in [0, 0.05) is 18.9 Å². The van der Waals surface area contributed by atoms with Crippen molar-refractivity contribution >= 4 is 10.9 Å². The van der Waals surface area contributed by atoms with Crippen molar-refractivity contribution in [1.82, 2.24) is 19.1 Å². The van der Waals surface area contributed by atoms with Crippen LogP contribution in [0.5, 0.6) is 0 Å². The second-order valence-electron chi connectivity index (χ2n) is 5.25. The van der Waals surface area contributed by atoms with Gasteiger partial charge in [0.05, 0.1) is 29.6 Å². The van der Waals surface area contributed by atoms with Gasteiger partial charge < -0.3 is 4.57 Å². The summed E-state index contributed by atoms with van der Waals surface area (Å²) in [5.74, 6) is 0. The lowest BCUT2D eigenvalue weighted by Gasteiger charge is -2.19. The van der Waals surface area contributed by atoms with Crippen LogP contribution in [0.3, 0.4) is 0 Å². The van der Waals surface area contributed by atoms with Crippen molar-refractivity contribution in [3.8, 4) is 0 Å². The van der Waals surface area contributed by atoms with E-state index >= 15 is 0 Å². The maximum atomic E-state index is 12.8. The van der Waals surface area contributed by atoms with Gasteiger partial charge in [-0.1, -0.05) is 19.1 Å². The second-order valence-corrected chi connectivity index (χ2v) is 5.25. The third-order valence-corrected chi connectivity index (χ3v) is 3.87. The zero-order valence-electron chi connectivity index (χ0n) is 12.2. The Morgan fingerprint density at radius 2 is 2.14 bits per heavy atom. The molecular formula is C16H18N4O. The van der Waals surface area contributed by atoms with Gasteiger partial charge in [-0.3, -0.25) is 9.36 Å². The van der Waals surface area contributed by atoms with Crippen molar-refractivity contribution in [3.05, 3.63) is 59.2 Å². The molecule has 1 atom stereocenters. The Morgan fingerprint density at radius 3 is 2.86 bits per heavy atom. The van der Waals surface area contributed by atoms with Crippen molar-refractivity contribution in [1.29, 1.82) is 0 Å². The third kappa shape index (κ3) is 2.46. The molecule has 0 radical (unpaired) electrons. The quantitative estimate of drug-likeness (QED) is 0.739. The van der Waals surface area contributed by atoms with Crippen LogP contribution in [0.2, 0.25) is 0 Å². The van der Waals surface area contributed by atoms with E-state index in [9.17, 15) is 4.79 Å². The standard InChI is InChI=1S/C16H18N4O/c1-3-13(9-19-8-7-17-10-19)20-11-18-14-6-4-5-12(2)15(14)16(20)21/h4-8,10-11,13H,3,9H2,1-2H3/t13-/m0/s1. The number of aryl methyl sites for hydroxylation is 1. The SMILES string of the molecule is CC[C@@H](Cn1ccnc1)n1cnc2cccc(C)c2c1=O. The van der Waals surface area contributed by atoms with E-state index < -0.39 is 0 Å². The summed E-state index contributed by atoms with van der Waals surface area (Å²) in [6.45, 7) is 4.75. The molecule has 3 aromatic rings. The minimum atomic E-state index is 0.0325. The highest BCUT2D eigenvalue weighted by Crippen LogP contribution is 2.16. The average Bonchev–Trinajstić information content (AvgIpc) is 2.99. The molecule has 2 aromatic heterocycles. The summed E-state index contributed by atoms with van der Waals surface area (Å²) < 4.78 is 3.73. The number of rotatable bonds is 4. The Balaban J connectivity index is 2.08. The summed E-state index contributed by atoms with van der Waals surface area (Å²) >= 11 is 0. The van der Waals surface area contributed by atoms with Crippen LogP contribution in [0, 0.1) is 6.92 Å². The molecule has 0 saturated carbocycles. The van der Waals surface area contributed by atoms with Gasteiger partial charge in [0.15, 0.2) is 0 Å². The molecule has 0 aliphatic heterocycles. The van der Waals surface area contributed by atoms with Crippen molar-refractivity contribution in [2.45, 2.75) is 32.9 Å². The zero-order valence-corrected chi connectivity index (χ0v) is 12.2. The molecule has 0 bridgehead atoms. The van der Waals surface area contributed by atoms with Crippen LogP contribution < -0.4 is 5.56 Å². The molecule has 108 valence electrons. The molecule has 5 nitrogen and oxygen atoms in total. The van der Waals surface area contributed by atoms with E-state index in [1.807, 2.05) is 35.9 Å². The van der Waals surface area contributed by atoms with E-state index in [2.05, 4.69) is 16.9 Å². The molecule has 21 heavy (non-hydrogen) atoms. The number of benzene rings is 1. The molecule has 1 aromatic carbocycles. The minimum Gasteiger partial charge on any atom is -0.335 e. The van der Waals surface area contributed by atoms with Crippen LogP contribution in [0.4, 0.5) is 0 Å². The summed E-state index contributed by atoms with van der Waals surface area (Å²) in [6, 6.07) is 5.83.